The van der Waals surface area contributed by atoms with Crippen molar-refractivity contribution in [2.75, 3.05) is 13.6 Å². The summed E-state index contributed by atoms with van der Waals surface area (Å²) in [5.74, 6) is 0.143. The fraction of sp³-hybridized carbons (Fsp3) is 0.533. The molecule has 0 aliphatic rings. The van der Waals surface area contributed by atoms with E-state index in [0.717, 1.165) is 25.8 Å². The Morgan fingerprint density at radius 1 is 1.28 bits per heavy atom. The lowest BCUT2D eigenvalue weighted by molar-refractivity contribution is -0.130. The second-order valence-electron chi connectivity index (χ2n) is 4.94. The van der Waals surface area contributed by atoms with Crippen molar-refractivity contribution in [2.24, 2.45) is 5.73 Å². The van der Waals surface area contributed by atoms with Gasteiger partial charge in [0.1, 0.15) is 0 Å². The van der Waals surface area contributed by atoms with E-state index in [4.69, 9.17) is 5.73 Å². The number of amides is 1. The van der Waals surface area contributed by atoms with E-state index in [9.17, 15) is 4.79 Å². The van der Waals surface area contributed by atoms with Gasteiger partial charge in [-0.1, -0.05) is 30.3 Å². The SMILES string of the molecule is CC(N)CC(=O)N(C)CCCCc1ccccc1. The number of rotatable bonds is 7. The standard InChI is InChI=1S/C15H24N2O/c1-13(16)12-15(18)17(2)11-7-6-10-14-8-4-3-5-9-14/h3-5,8-9,13H,6-7,10-12,16H2,1-2H3. The van der Waals surface area contributed by atoms with Crippen molar-refractivity contribution in [3.8, 4) is 0 Å². The van der Waals surface area contributed by atoms with E-state index >= 15 is 0 Å². The zero-order valence-corrected chi connectivity index (χ0v) is 11.4. The molecule has 0 aromatic heterocycles. The van der Waals surface area contributed by atoms with Gasteiger partial charge in [0.15, 0.2) is 0 Å². The topological polar surface area (TPSA) is 46.3 Å². The predicted molar refractivity (Wildman–Crippen MR) is 75.3 cm³/mol. The van der Waals surface area contributed by atoms with Gasteiger partial charge in [0, 0.05) is 26.1 Å². The summed E-state index contributed by atoms with van der Waals surface area (Å²) < 4.78 is 0. The third kappa shape index (κ3) is 5.82. The Labute approximate surface area is 110 Å². The first kappa shape index (κ1) is 14.7. The van der Waals surface area contributed by atoms with E-state index in [-0.39, 0.29) is 11.9 Å². The van der Waals surface area contributed by atoms with Crippen LogP contribution in [0.3, 0.4) is 0 Å². The minimum absolute atomic E-state index is 0.0516. The largest absolute Gasteiger partial charge is 0.346 e. The molecule has 0 heterocycles. The molecule has 1 aromatic rings. The number of benzene rings is 1. The highest BCUT2D eigenvalue weighted by Crippen LogP contribution is 2.05. The summed E-state index contributed by atoms with van der Waals surface area (Å²) >= 11 is 0. The molecule has 3 heteroatoms. The van der Waals surface area contributed by atoms with Crippen LogP contribution in [0.25, 0.3) is 0 Å². The average Bonchev–Trinajstić information content (AvgIpc) is 2.34. The molecule has 1 unspecified atom stereocenters. The molecule has 1 aromatic carbocycles. The van der Waals surface area contributed by atoms with E-state index in [0.29, 0.717) is 6.42 Å². The van der Waals surface area contributed by atoms with E-state index in [2.05, 4.69) is 24.3 Å². The van der Waals surface area contributed by atoms with Crippen LogP contribution in [-0.4, -0.2) is 30.4 Å². The molecule has 0 radical (unpaired) electrons. The summed E-state index contributed by atoms with van der Waals surface area (Å²) in [4.78, 5) is 13.4. The van der Waals surface area contributed by atoms with E-state index < -0.39 is 0 Å². The smallest absolute Gasteiger partial charge is 0.223 e. The number of hydrogen-bond acceptors (Lipinski definition) is 2. The van der Waals surface area contributed by atoms with E-state index in [1.54, 1.807) is 4.90 Å². The molecule has 1 atom stereocenters. The van der Waals surface area contributed by atoms with Gasteiger partial charge in [0.2, 0.25) is 5.91 Å². The van der Waals surface area contributed by atoms with Crippen molar-refractivity contribution in [1.29, 1.82) is 0 Å². The Hall–Kier alpha value is -1.35. The molecule has 100 valence electrons. The highest BCUT2D eigenvalue weighted by Gasteiger charge is 2.09. The van der Waals surface area contributed by atoms with Gasteiger partial charge in [-0.2, -0.15) is 0 Å². The van der Waals surface area contributed by atoms with Gasteiger partial charge in [-0.05, 0) is 31.7 Å². The van der Waals surface area contributed by atoms with Crippen LogP contribution < -0.4 is 5.73 Å². The van der Waals surface area contributed by atoms with Crippen molar-refractivity contribution < 1.29 is 4.79 Å². The Balaban J connectivity index is 2.16. The quantitative estimate of drug-likeness (QED) is 0.752. The zero-order valence-electron chi connectivity index (χ0n) is 11.4. The Morgan fingerprint density at radius 3 is 2.56 bits per heavy atom. The molecule has 0 spiro atoms. The van der Waals surface area contributed by atoms with Crippen LogP contribution in [-0.2, 0) is 11.2 Å². The van der Waals surface area contributed by atoms with Gasteiger partial charge in [0.25, 0.3) is 0 Å². The zero-order chi connectivity index (χ0) is 13.4. The highest BCUT2D eigenvalue weighted by molar-refractivity contribution is 5.76. The molecule has 2 N–H and O–H groups in total. The maximum Gasteiger partial charge on any atom is 0.223 e. The summed E-state index contributed by atoms with van der Waals surface area (Å²) in [7, 11) is 1.85. The number of aryl methyl sites for hydroxylation is 1. The first-order valence-corrected chi connectivity index (χ1v) is 6.63. The Bertz CT molecular complexity index is 349. The van der Waals surface area contributed by atoms with Crippen LogP contribution in [0.1, 0.15) is 31.7 Å². The van der Waals surface area contributed by atoms with Crippen LogP contribution in [0.15, 0.2) is 30.3 Å². The van der Waals surface area contributed by atoms with Gasteiger partial charge in [-0.15, -0.1) is 0 Å². The third-order valence-electron chi connectivity index (χ3n) is 2.97. The fourth-order valence-corrected chi connectivity index (χ4v) is 1.88. The van der Waals surface area contributed by atoms with Crippen LogP contribution in [0.5, 0.6) is 0 Å². The maximum atomic E-state index is 11.7. The summed E-state index contributed by atoms with van der Waals surface area (Å²) in [6.07, 6.45) is 3.67. The first-order valence-electron chi connectivity index (χ1n) is 6.63. The fourth-order valence-electron chi connectivity index (χ4n) is 1.88. The molecule has 1 rings (SSSR count). The molecule has 0 bridgehead atoms. The summed E-state index contributed by atoms with van der Waals surface area (Å²) in [5.41, 5.74) is 6.98. The summed E-state index contributed by atoms with van der Waals surface area (Å²) in [5, 5.41) is 0. The first-order chi connectivity index (χ1) is 8.59. The van der Waals surface area contributed by atoms with Crippen molar-refractivity contribution in [1.82, 2.24) is 4.90 Å². The number of nitrogens with zero attached hydrogens (tertiary/aromatic N) is 1. The minimum Gasteiger partial charge on any atom is -0.346 e. The second-order valence-corrected chi connectivity index (χ2v) is 4.94. The number of hydrogen-bond donors (Lipinski definition) is 1. The molecular weight excluding hydrogens is 224 g/mol. The number of unbranched alkanes of at least 4 members (excludes halogenated alkanes) is 1. The maximum absolute atomic E-state index is 11.7. The lowest BCUT2D eigenvalue weighted by Crippen LogP contribution is -2.32. The van der Waals surface area contributed by atoms with E-state index in [1.807, 2.05) is 20.0 Å². The summed E-state index contributed by atoms with van der Waals surface area (Å²) in [6.45, 7) is 2.68. The molecule has 3 nitrogen and oxygen atoms in total. The van der Waals surface area contributed by atoms with Gasteiger partial charge in [0.05, 0.1) is 0 Å². The monoisotopic (exact) mass is 248 g/mol. The Kier molecular flexibility index (Phi) is 6.44. The number of carbonyl (C=O) groups excluding carboxylic acids is 1. The molecular formula is C15H24N2O. The third-order valence-corrected chi connectivity index (χ3v) is 2.97. The van der Waals surface area contributed by atoms with Gasteiger partial charge in [-0.3, -0.25) is 4.79 Å². The van der Waals surface area contributed by atoms with E-state index in [1.165, 1.54) is 5.56 Å². The molecule has 0 aliphatic heterocycles. The lowest BCUT2D eigenvalue weighted by atomic mass is 10.1. The lowest BCUT2D eigenvalue weighted by Gasteiger charge is -2.18. The molecule has 18 heavy (non-hydrogen) atoms. The molecule has 1 amide bonds. The predicted octanol–water partition coefficient (Wildman–Crippen LogP) is 2.21. The van der Waals surface area contributed by atoms with Crippen LogP contribution in [0.2, 0.25) is 0 Å². The molecule has 0 saturated heterocycles. The average molecular weight is 248 g/mol. The number of nitrogens with two attached hydrogens (primary N) is 1. The second kappa shape index (κ2) is 7.88. The van der Waals surface area contributed by atoms with Gasteiger partial charge >= 0.3 is 0 Å². The normalized spacial score (nSPS) is 12.2. The molecule has 0 saturated carbocycles. The Morgan fingerprint density at radius 2 is 1.94 bits per heavy atom. The minimum atomic E-state index is -0.0516. The molecule has 0 aliphatic carbocycles. The number of carbonyl (C=O) groups is 1. The van der Waals surface area contributed by atoms with Crippen molar-refractivity contribution in [3.05, 3.63) is 35.9 Å². The van der Waals surface area contributed by atoms with Crippen molar-refractivity contribution >= 4 is 5.91 Å². The van der Waals surface area contributed by atoms with Crippen LogP contribution in [0, 0.1) is 0 Å². The van der Waals surface area contributed by atoms with Crippen molar-refractivity contribution in [3.63, 3.8) is 0 Å². The van der Waals surface area contributed by atoms with Crippen molar-refractivity contribution in [2.45, 2.75) is 38.6 Å². The van der Waals surface area contributed by atoms with Gasteiger partial charge < -0.3 is 10.6 Å². The summed E-state index contributed by atoms with van der Waals surface area (Å²) in [6, 6.07) is 10.4. The molecule has 0 fully saturated rings. The van der Waals surface area contributed by atoms with Gasteiger partial charge in [-0.25, -0.2) is 0 Å². The highest BCUT2D eigenvalue weighted by atomic mass is 16.2. The van der Waals surface area contributed by atoms with Crippen LogP contribution in [0.4, 0.5) is 0 Å². The van der Waals surface area contributed by atoms with Crippen LogP contribution >= 0.6 is 0 Å².